The number of hydrogen-bond donors (Lipinski definition) is 2. The summed E-state index contributed by atoms with van der Waals surface area (Å²) in [6.45, 7) is 0.0952. The predicted molar refractivity (Wildman–Crippen MR) is 113 cm³/mol. The molecule has 3 rings (SSSR count). The highest BCUT2D eigenvalue weighted by atomic mass is 33.1. The van der Waals surface area contributed by atoms with Gasteiger partial charge in [0.25, 0.3) is 0 Å². The SMILES string of the molecule is O=C(NC(CSSc1ccc2ccccc2c1)C(=O)O)OCc1ccccc1. The fourth-order valence-electron chi connectivity index (χ4n) is 2.47. The van der Waals surface area contributed by atoms with Crippen molar-refractivity contribution >= 4 is 44.4 Å². The van der Waals surface area contributed by atoms with Crippen LogP contribution in [0.15, 0.2) is 77.7 Å². The van der Waals surface area contributed by atoms with Crippen molar-refractivity contribution in [2.24, 2.45) is 0 Å². The third kappa shape index (κ3) is 5.94. The average Bonchev–Trinajstić information content (AvgIpc) is 2.72. The first kappa shape index (κ1) is 20.1. The van der Waals surface area contributed by atoms with Gasteiger partial charge in [-0.1, -0.05) is 82.3 Å². The zero-order chi connectivity index (χ0) is 19.8. The summed E-state index contributed by atoms with van der Waals surface area (Å²) < 4.78 is 5.09. The maximum Gasteiger partial charge on any atom is 0.408 e. The van der Waals surface area contributed by atoms with Crippen LogP contribution in [0.2, 0.25) is 0 Å². The number of ether oxygens (including phenoxy) is 1. The van der Waals surface area contributed by atoms with Crippen molar-refractivity contribution in [1.29, 1.82) is 0 Å². The van der Waals surface area contributed by atoms with Gasteiger partial charge in [-0.15, -0.1) is 0 Å². The van der Waals surface area contributed by atoms with Gasteiger partial charge in [-0.25, -0.2) is 9.59 Å². The summed E-state index contributed by atoms with van der Waals surface area (Å²) in [4.78, 5) is 24.4. The van der Waals surface area contributed by atoms with Gasteiger partial charge in [-0.2, -0.15) is 0 Å². The zero-order valence-electron chi connectivity index (χ0n) is 14.9. The molecule has 0 aliphatic rings. The monoisotopic (exact) mass is 413 g/mol. The molecule has 0 radical (unpaired) electrons. The van der Waals surface area contributed by atoms with Crippen molar-refractivity contribution in [3.05, 3.63) is 78.4 Å². The van der Waals surface area contributed by atoms with Gasteiger partial charge in [0.1, 0.15) is 12.6 Å². The summed E-state index contributed by atoms with van der Waals surface area (Å²) >= 11 is 0. The Kier molecular flexibility index (Phi) is 7.22. The van der Waals surface area contributed by atoms with Gasteiger partial charge in [0.05, 0.1) is 0 Å². The van der Waals surface area contributed by atoms with E-state index in [0.717, 1.165) is 21.2 Å². The minimum atomic E-state index is -1.09. The Morgan fingerprint density at radius 2 is 1.68 bits per heavy atom. The maximum absolute atomic E-state index is 11.9. The van der Waals surface area contributed by atoms with Gasteiger partial charge in [-0.3, -0.25) is 0 Å². The van der Waals surface area contributed by atoms with Crippen molar-refractivity contribution in [3.63, 3.8) is 0 Å². The van der Waals surface area contributed by atoms with E-state index in [1.807, 2.05) is 66.7 Å². The Morgan fingerprint density at radius 3 is 2.43 bits per heavy atom. The number of rotatable bonds is 8. The number of benzene rings is 3. The smallest absolute Gasteiger partial charge is 0.408 e. The molecule has 5 nitrogen and oxygen atoms in total. The molecule has 3 aromatic rings. The van der Waals surface area contributed by atoms with Crippen LogP contribution in [0.1, 0.15) is 5.56 Å². The number of fused-ring (bicyclic) bond motifs is 1. The standard InChI is InChI=1S/C21H19NO4S2/c23-20(24)19(22-21(25)26-13-15-6-2-1-3-7-15)14-27-28-18-11-10-16-8-4-5-9-17(16)12-18/h1-12,19H,13-14H2,(H,22,25)(H,23,24). The van der Waals surface area contributed by atoms with Crippen LogP contribution in [0.5, 0.6) is 0 Å². The molecule has 0 spiro atoms. The molecule has 1 amide bonds. The fourth-order valence-corrected chi connectivity index (χ4v) is 4.67. The third-order valence-electron chi connectivity index (χ3n) is 3.91. The lowest BCUT2D eigenvalue weighted by molar-refractivity contribution is -0.138. The Bertz CT molecular complexity index is 949. The van der Waals surface area contributed by atoms with E-state index >= 15 is 0 Å². The molecule has 0 aromatic heterocycles. The lowest BCUT2D eigenvalue weighted by atomic mass is 10.1. The topological polar surface area (TPSA) is 75.6 Å². The van der Waals surface area contributed by atoms with E-state index in [2.05, 4.69) is 11.4 Å². The number of nitrogens with one attached hydrogen (secondary N) is 1. The lowest BCUT2D eigenvalue weighted by Gasteiger charge is -2.14. The number of aliphatic carboxylic acids is 1. The Labute approximate surface area is 170 Å². The summed E-state index contributed by atoms with van der Waals surface area (Å²) in [5, 5.41) is 14.0. The zero-order valence-corrected chi connectivity index (χ0v) is 16.5. The lowest BCUT2D eigenvalue weighted by Crippen LogP contribution is -2.42. The van der Waals surface area contributed by atoms with Crippen LogP contribution < -0.4 is 5.32 Å². The molecule has 3 aromatic carbocycles. The summed E-state index contributed by atoms with van der Waals surface area (Å²) in [6.07, 6.45) is -0.743. The molecule has 144 valence electrons. The highest BCUT2D eigenvalue weighted by molar-refractivity contribution is 8.76. The van der Waals surface area contributed by atoms with Gasteiger partial charge in [0.15, 0.2) is 0 Å². The first-order valence-corrected chi connectivity index (χ1v) is 10.9. The predicted octanol–water partition coefficient (Wildman–Crippen LogP) is 4.96. The quantitative estimate of drug-likeness (QED) is 0.509. The summed E-state index contributed by atoms with van der Waals surface area (Å²) in [5.74, 6) is -0.879. The van der Waals surface area contributed by atoms with E-state index in [0.29, 0.717) is 0 Å². The molecule has 0 saturated heterocycles. The maximum atomic E-state index is 11.9. The summed E-state index contributed by atoms with van der Waals surface area (Å²) in [7, 11) is 2.85. The molecule has 0 fully saturated rings. The number of carbonyl (C=O) groups excluding carboxylic acids is 1. The Morgan fingerprint density at radius 1 is 0.964 bits per heavy atom. The summed E-state index contributed by atoms with van der Waals surface area (Å²) in [6, 6.07) is 22.3. The van der Waals surface area contributed by atoms with E-state index in [1.165, 1.54) is 21.6 Å². The second-order valence-electron chi connectivity index (χ2n) is 5.97. The van der Waals surface area contributed by atoms with Crippen LogP contribution in [-0.2, 0) is 16.1 Å². The number of carboxylic acids is 1. The van der Waals surface area contributed by atoms with Crippen LogP contribution in [0.4, 0.5) is 4.79 Å². The second-order valence-corrected chi connectivity index (χ2v) is 8.39. The van der Waals surface area contributed by atoms with Gasteiger partial charge >= 0.3 is 12.1 Å². The molecule has 0 aliphatic heterocycles. The molecule has 1 atom stereocenters. The van der Waals surface area contributed by atoms with E-state index in [-0.39, 0.29) is 12.4 Å². The van der Waals surface area contributed by atoms with Crippen LogP contribution in [-0.4, -0.2) is 29.0 Å². The van der Waals surface area contributed by atoms with Gasteiger partial charge < -0.3 is 15.2 Å². The molecule has 0 saturated carbocycles. The number of alkyl carbamates (subject to hydrolysis) is 1. The van der Waals surface area contributed by atoms with E-state index in [9.17, 15) is 14.7 Å². The molecular formula is C21H19NO4S2. The molecule has 0 heterocycles. The highest BCUT2D eigenvalue weighted by Gasteiger charge is 2.21. The van der Waals surface area contributed by atoms with E-state index in [1.54, 1.807) is 0 Å². The van der Waals surface area contributed by atoms with Crippen molar-refractivity contribution in [3.8, 4) is 0 Å². The minimum Gasteiger partial charge on any atom is -0.480 e. The van der Waals surface area contributed by atoms with Crippen molar-refractivity contribution < 1.29 is 19.4 Å². The Balaban J connectivity index is 1.48. The van der Waals surface area contributed by atoms with E-state index in [4.69, 9.17) is 4.74 Å². The largest absolute Gasteiger partial charge is 0.480 e. The average molecular weight is 414 g/mol. The van der Waals surface area contributed by atoms with Crippen molar-refractivity contribution in [2.75, 3.05) is 5.75 Å². The number of carboxylic acid groups (broad SMARTS) is 1. The van der Waals surface area contributed by atoms with Crippen molar-refractivity contribution in [1.82, 2.24) is 5.32 Å². The normalized spacial score (nSPS) is 11.7. The second kappa shape index (κ2) is 10.1. The highest BCUT2D eigenvalue weighted by Crippen LogP contribution is 2.33. The van der Waals surface area contributed by atoms with Gasteiger partial charge in [0.2, 0.25) is 0 Å². The summed E-state index contributed by atoms with van der Waals surface area (Å²) in [5.41, 5.74) is 0.839. The third-order valence-corrected chi connectivity index (χ3v) is 6.29. The van der Waals surface area contributed by atoms with Gasteiger partial charge in [-0.05, 0) is 28.5 Å². The van der Waals surface area contributed by atoms with Crippen LogP contribution in [0, 0.1) is 0 Å². The number of carbonyl (C=O) groups is 2. The minimum absolute atomic E-state index is 0.0952. The molecule has 7 heteroatoms. The molecule has 2 N–H and O–H groups in total. The molecule has 0 bridgehead atoms. The van der Waals surface area contributed by atoms with Crippen LogP contribution in [0.3, 0.4) is 0 Å². The van der Waals surface area contributed by atoms with Crippen LogP contribution >= 0.6 is 21.6 Å². The van der Waals surface area contributed by atoms with Crippen LogP contribution in [0.25, 0.3) is 10.8 Å². The Hall–Kier alpha value is -2.64. The molecular weight excluding hydrogens is 394 g/mol. The van der Waals surface area contributed by atoms with Crippen molar-refractivity contribution in [2.45, 2.75) is 17.5 Å². The first-order valence-electron chi connectivity index (χ1n) is 8.60. The number of hydrogen-bond acceptors (Lipinski definition) is 5. The number of amides is 1. The molecule has 28 heavy (non-hydrogen) atoms. The molecule has 0 aliphatic carbocycles. The molecule has 1 unspecified atom stereocenters. The van der Waals surface area contributed by atoms with Gasteiger partial charge in [0, 0.05) is 10.6 Å². The van der Waals surface area contributed by atoms with E-state index < -0.39 is 18.1 Å². The first-order chi connectivity index (χ1) is 13.6. The fraction of sp³-hybridized carbons (Fsp3) is 0.143.